The highest BCUT2D eigenvalue weighted by Crippen LogP contribution is 2.44. The van der Waals surface area contributed by atoms with Gasteiger partial charge in [-0.2, -0.15) is 0 Å². The lowest BCUT2D eigenvalue weighted by atomic mass is 9.97. The zero-order valence-corrected chi connectivity index (χ0v) is 11.4. The van der Waals surface area contributed by atoms with Crippen molar-refractivity contribution in [1.29, 1.82) is 0 Å². The molecule has 0 aliphatic heterocycles. The first-order valence-corrected chi connectivity index (χ1v) is 6.44. The smallest absolute Gasteiger partial charge is 0.135 e. The van der Waals surface area contributed by atoms with Gasteiger partial charge < -0.3 is 20.4 Å². The Morgan fingerprint density at radius 3 is 1.90 bits per heavy atom. The van der Waals surface area contributed by atoms with E-state index in [1.54, 1.807) is 19.1 Å². The molecule has 0 heterocycles. The summed E-state index contributed by atoms with van der Waals surface area (Å²) in [6, 6.07) is 6.03. The van der Waals surface area contributed by atoms with Gasteiger partial charge in [0, 0.05) is 10.8 Å². The topological polar surface area (TPSA) is 80.9 Å². The highest BCUT2D eigenvalue weighted by atomic mass is 16.3. The van der Waals surface area contributed by atoms with Gasteiger partial charge in [0.2, 0.25) is 0 Å². The molecule has 0 atom stereocenters. The van der Waals surface area contributed by atoms with E-state index in [9.17, 15) is 20.4 Å². The predicted octanol–water partition coefficient (Wildman–Crippen LogP) is 2.03. The van der Waals surface area contributed by atoms with Gasteiger partial charge in [0.05, 0.1) is 10.8 Å². The molecule has 106 valence electrons. The molecule has 4 heteroatoms. The Bertz CT molecular complexity index is 1000. The largest absolute Gasteiger partial charge is 0.507 e. The van der Waals surface area contributed by atoms with E-state index in [4.69, 9.17) is 0 Å². The molecule has 0 amide bonds. The van der Waals surface area contributed by atoms with E-state index in [0.717, 1.165) is 0 Å². The average molecular weight is 282 g/mol. The van der Waals surface area contributed by atoms with Gasteiger partial charge in [0.25, 0.3) is 0 Å². The summed E-state index contributed by atoms with van der Waals surface area (Å²) in [7, 11) is 0. The Morgan fingerprint density at radius 1 is 0.762 bits per heavy atom. The molecule has 0 fully saturated rings. The second kappa shape index (κ2) is 4.31. The summed E-state index contributed by atoms with van der Waals surface area (Å²) in [5, 5.41) is 43.0. The molecular formula is C17H14O4. The Kier molecular flexibility index (Phi) is 2.69. The van der Waals surface area contributed by atoms with Crippen molar-refractivity contribution in [3.8, 4) is 23.0 Å². The maximum Gasteiger partial charge on any atom is 0.135 e. The van der Waals surface area contributed by atoms with Gasteiger partial charge in [-0.15, -0.1) is 0 Å². The fraction of sp³-hybridized carbons (Fsp3) is 0.0588. The summed E-state index contributed by atoms with van der Waals surface area (Å²) in [5.41, 5.74) is 0. The van der Waals surface area contributed by atoms with Gasteiger partial charge in [0.1, 0.15) is 23.0 Å². The number of aromatic hydroxyl groups is 4. The minimum absolute atomic E-state index is 0.126. The van der Waals surface area contributed by atoms with Gasteiger partial charge in [-0.1, -0.05) is 24.8 Å². The van der Waals surface area contributed by atoms with E-state index in [2.05, 4.69) is 6.58 Å². The Labute approximate surface area is 120 Å². The van der Waals surface area contributed by atoms with Crippen LogP contribution in [0.1, 0.15) is 6.92 Å². The molecule has 0 radical (unpaired) electrons. The molecule has 3 rings (SSSR count). The second-order valence-electron chi connectivity index (χ2n) is 4.90. The van der Waals surface area contributed by atoms with Crippen LogP contribution < -0.4 is 10.4 Å². The molecule has 21 heavy (non-hydrogen) atoms. The van der Waals surface area contributed by atoms with Crippen molar-refractivity contribution in [2.75, 3.05) is 0 Å². The zero-order valence-electron chi connectivity index (χ0n) is 11.4. The van der Waals surface area contributed by atoms with Crippen LogP contribution in [0, 0.1) is 0 Å². The third kappa shape index (κ3) is 1.62. The summed E-state index contributed by atoms with van der Waals surface area (Å²) < 4.78 is 0. The molecule has 4 nitrogen and oxygen atoms in total. The molecule has 0 saturated heterocycles. The molecule has 0 bridgehead atoms. The van der Waals surface area contributed by atoms with Crippen LogP contribution in [0.25, 0.3) is 34.2 Å². The van der Waals surface area contributed by atoms with Crippen molar-refractivity contribution < 1.29 is 20.4 Å². The first-order valence-electron chi connectivity index (χ1n) is 6.44. The molecule has 0 spiro atoms. The Hall–Kier alpha value is -2.88. The van der Waals surface area contributed by atoms with Crippen molar-refractivity contribution in [1.82, 2.24) is 0 Å². The fourth-order valence-electron chi connectivity index (χ4n) is 2.74. The van der Waals surface area contributed by atoms with E-state index in [1.807, 2.05) is 0 Å². The Morgan fingerprint density at radius 2 is 1.29 bits per heavy atom. The first-order chi connectivity index (χ1) is 9.97. The third-order valence-corrected chi connectivity index (χ3v) is 3.74. The highest BCUT2D eigenvalue weighted by Gasteiger charge is 2.19. The lowest BCUT2D eigenvalue weighted by Gasteiger charge is -2.13. The van der Waals surface area contributed by atoms with Gasteiger partial charge in [-0.05, 0) is 29.5 Å². The number of hydrogen-bond donors (Lipinski definition) is 4. The van der Waals surface area contributed by atoms with E-state index in [-0.39, 0.29) is 39.2 Å². The molecule has 0 saturated carbocycles. The minimum atomic E-state index is -0.208. The molecule has 0 aliphatic carbocycles. The van der Waals surface area contributed by atoms with Crippen LogP contribution in [0.15, 0.2) is 24.3 Å². The number of rotatable bonds is 0. The molecule has 0 aromatic heterocycles. The summed E-state index contributed by atoms with van der Waals surface area (Å²) in [4.78, 5) is 0. The van der Waals surface area contributed by atoms with Crippen molar-refractivity contribution in [3.63, 3.8) is 0 Å². The maximum atomic E-state index is 10.5. The van der Waals surface area contributed by atoms with Crippen LogP contribution in [0.3, 0.4) is 0 Å². The van der Waals surface area contributed by atoms with E-state index in [1.165, 1.54) is 18.2 Å². The number of benzene rings is 3. The van der Waals surface area contributed by atoms with Crippen LogP contribution in [-0.4, -0.2) is 20.4 Å². The predicted molar refractivity (Wildman–Crippen MR) is 83.0 cm³/mol. The van der Waals surface area contributed by atoms with Crippen LogP contribution in [0.5, 0.6) is 23.0 Å². The first kappa shape index (κ1) is 13.1. The minimum Gasteiger partial charge on any atom is -0.507 e. The van der Waals surface area contributed by atoms with E-state index in [0.29, 0.717) is 15.8 Å². The quantitative estimate of drug-likeness (QED) is 0.376. The SMILES string of the molecule is C=c1ccc(O)c2c(O)c3c(=CC)ccc(O)c3c(O)c12. The van der Waals surface area contributed by atoms with Gasteiger partial charge >= 0.3 is 0 Å². The third-order valence-electron chi connectivity index (χ3n) is 3.74. The van der Waals surface area contributed by atoms with Crippen LogP contribution in [0.2, 0.25) is 0 Å². The van der Waals surface area contributed by atoms with Crippen molar-refractivity contribution >= 4 is 34.2 Å². The summed E-state index contributed by atoms with van der Waals surface area (Å²) in [6.45, 7) is 5.58. The molecule has 0 unspecified atom stereocenters. The highest BCUT2D eigenvalue weighted by molar-refractivity contribution is 6.14. The lowest BCUT2D eigenvalue weighted by Crippen LogP contribution is -2.05. The van der Waals surface area contributed by atoms with Crippen LogP contribution in [0.4, 0.5) is 0 Å². The summed E-state index contributed by atoms with van der Waals surface area (Å²) in [5.74, 6) is -0.699. The zero-order chi connectivity index (χ0) is 15.3. The second-order valence-corrected chi connectivity index (χ2v) is 4.90. The van der Waals surface area contributed by atoms with Gasteiger partial charge in [0.15, 0.2) is 0 Å². The van der Waals surface area contributed by atoms with Gasteiger partial charge in [-0.3, -0.25) is 0 Å². The van der Waals surface area contributed by atoms with Crippen molar-refractivity contribution in [2.24, 2.45) is 0 Å². The molecule has 3 aromatic carbocycles. The fourth-order valence-corrected chi connectivity index (χ4v) is 2.74. The molecular weight excluding hydrogens is 268 g/mol. The van der Waals surface area contributed by atoms with Gasteiger partial charge in [-0.25, -0.2) is 0 Å². The average Bonchev–Trinajstić information content (AvgIpc) is 2.46. The standard InChI is InChI=1S/C17H14O4/c1-3-9-5-7-11(19)15-13(9)17(21)14-10(18)6-4-8(2)12(14)16(15)20/h3-7,18-21H,2H2,1H3. The van der Waals surface area contributed by atoms with Crippen LogP contribution in [-0.2, 0) is 0 Å². The molecule has 4 N–H and O–H groups in total. The Balaban J connectivity index is 2.85. The molecule has 0 aliphatic rings. The molecule has 3 aromatic rings. The number of fused-ring (bicyclic) bond motifs is 2. The lowest BCUT2D eigenvalue weighted by molar-refractivity contribution is 0.456. The van der Waals surface area contributed by atoms with Crippen molar-refractivity contribution in [3.05, 3.63) is 34.7 Å². The van der Waals surface area contributed by atoms with E-state index < -0.39 is 0 Å². The van der Waals surface area contributed by atoms with E-state index >= 15 is 0 Å². The maximum absolute atomic E-state index is 10.5. The van der Waals surface area contributed by atoms with Crippen LogP contribution >= 0.6 is 0 Å². The number of phenolic OH excluding ortho intramolecular Hbond substituents is 4. The normalized spacial score (nSPS) is 12.3. The summed E-state index contributed by atoms with van der Waals surface area (Å²) >= 11 is 0. The number of hydrogen-bond acceptors (Lipinski definition) is 4. The monoisotopic (exact) mass is 282 g/mol. The number of phenols is 4. The van der Waals surface area contributed by atoms with Crippen molar-refractivity contribution in [2.45, 2.75) is 6.92 Å². The summed E-state index contributed by atoms with van der Waals surface area (Å²) in [6.07, 6.45) is 1.75.